The zero-order valence-electron chi connectivity index (χ0n) is 14.8. The summed E-state index contributed by atoms with van der Waals surface area (Å²) in [5.74, 6) is 0.678. The summed E-state index contributed by atoms with van der Waals surface area (Å²) in [7, 11) is -1.03. The number of nitrogens with one attached hydrogen (secondary N) is 2. The number of benzene rings is 2. The molecule has 0 saturated heterocycles. The molecule has 7 nitrogen and oxygen atoms in total. The predicted octanol–water partition coefficient (Wildman–Crippen LogP) is 3.62. The van der Waals surface area contributed by atoms with Crippen molar-refractivity contribution in [1.29, 1.82) is 0 Å². The van der Waals surface area contributed by atoms with E-state index in [1.807, 2.05) is 0 Å². The van der Waals surface area contributed by atoms with E-state index in [-0.39, 0.29) is 22.5 Å². The van der Waals surface area contributed by atoms with E-state index in [1.165, 1.54) is 26.4 Å². The number of carbonyl (C=O) groups excluding carboxylic acids is 1. The molecule has 2 aromatic rings. The molecule has 27 heavy (non-hydrogen) atoms. The number of rotatable bonds is 7. The van der Waals surface area contributed by atoms with Crippen molar-refractivity contribution in [1.82, 2.24) is 0 Å². The Bertz CT molecular complexity index is 974. The molecule has 2 aromatic carbocycles. The molecule has 0 aliphatic heterocycles. The fourth-order valence-electron chi connectivity index (χ4n) is 2.49. The molecule has 0 heterocycles. The smallest absolute Gasteiger partial charge is 0.265 e. The molecule has 1 saturated carbocycles. The maximum absolute atomic E-state index is 12.9. The minimum atomic E-state index is -3.94. The van der Waals surface area contributed by atoms with E-state index in [1.54, 1.807) is 24.3 Å². The van der Waals surface area contributed by atoms with Crippen LogP contribution in [0.3, 0.4) is 0 Å². The monoisotopic (exact) mass is 454 g/mol. The van der Waals surface area contributed by atoms with Gasteiger partial charge in [0.1, 0.15) is 16.4 Å². The van der Waals surface area contributed by atoms with Gasteiger partial charge in [-0.25, -0.2) is 8.42 Å². The van der Waals surface area contributed by atoms with E-state index < -0.39 is 10.0 Å². The van der Waals surface area contributed by atoms with Gasteiger partial charge < -0.3 is 14.8 Å². The molecular weight excluding hydrogens is 436 g/mol. The van der Waals surface area contributed by atoms with Crippen molar-refractivity contribution in [2.24, 2.45) is 5.92 Å². The van der Waals surface area contributed by atoms with E-state index in [0.29, 0.717) is 21.6 Å². The van der Waals surface area contributed by atoms with Crippen molar-refractivity contribution in [3.63, 3.8) is 0 Å². The summed E-state index contributed by atoms with van der Waals surface area (Å²) in [5.41, 5.74) is 0.765. The van der Waals surface area contributed by atoms with Crippen LogP contribution in [0.2, 0.25) is 0 Å². The first-order valence-corrected chi connectivity index (χ1v) is 10.5. The summed E-state index contributed by atoms with van der Waals surface area (Å²) in [4.78, 5) is 11.9. The highest BCUT2D eigenvalue weighted by molar-refractivity contribution is 9.10. The molecule has 0 unspecified atom stereocenters. The molecule has 0 aromatic heterocycles. The molecule has 0 spiro atoms. The molecule has 0 bridgehead atoms. The maximum Gasteiger partial charge on any atom is 0.265 e. The van der Waals surface area contributed by atoms with Gasteiger partial charge in [0, 0.05) is 11.6 Å². The molecule has 3 rings (SSSR count). The second kappa shape index (κ2) is 7.77. The van der Waals surface area contributed by atoms with Crippen LogP contribution in [0.1, 0.15) is 12.8 Å². The van der Waals surface area contributed by atoms with Crippen molar-refractivity contribution in [2.75, 3.05) is 24.3 Å². The third-order valence-corrected chi connectivity index (χ3v) is 6.10. The van der Waals surface area contributed by atoms with Gasteiger partial charge >= 0.3 is 0 Å². The van der Waals surface area contributed by atoms with Gasteiger partial charge in [0.25, 0.3) is 10.0 Å². The first-order valence-electron chi connectivity index (χ1n) is 8.19. The Morgan fingerprint density at radius 3 is 2.26 bits per heavy atom. The van der Waals surface area contributed by atoms with E-state index in [9.17, 15) is 13.2 Å². The summed E-state index contributed by atoms with van der Waals surface area (Å²) < 4.78 is 39.2. The fourth-order valence-corrected chi connectivity index (χ4v) is 4.28. The molecule has 9 heteroatoms. The van der Waals surface area contributed by atoms with Crippen LogP contribution in [0, 0.1) is 5.92 Å². The number of amides is 1. The fraction of sp³-hybridized carbons (Fsp3) is 0.278. The zero-order valence-corrected chi connectivity index (χ0v) is 17.2. The standard InChI is InChI=1S/C18H19BrN2O5S/c1-25-15-7-6-13(9-14(15)19)21-27(23,24)17-10-12(5-8-16(17)26-2)20-18(22)11-3-4-11/h5-11,21H,3-4H2,1-2H3,(H,20,22). The summed E-state index contributed by atoms with van der Waals surface area (Å²) in [5, 5.41) is 2.74. The van der Waals surface area contributed by atoms with E-state index in [0.717, 1.165) is 12.8 Å². The molecule has 1 amide bonds. The Morgan fingerprint density at radius 1 is 1.04 bits per heavy atom. The second-order valence-corrected chi connectivity index (χ2v) is 8.59. The summed E-state index contributed by atoms with van der Waals surface area (Å²) in [6, 6.07) is 9.35. The SMILES string of the molecule is COc1ccc(NS(=O)(=O)c2cc(NC(=O)C3CC3)ccc2OC)cc1Br. The number of hydrogen-bond donors (Lipinski definition) is 2. The molecule has 0 atom stereocenters. The average molecular weight is 455 g/mol. The van der Waals surface area contributed by atoms with Crippen LogP contribution >= 0.6 is 15.9 Å². The first-order chi connectivity index (χ1) is 12.8. The van der Waals surface area contributed by atoms with Gasteiger partial charge in [0.05, 0.1) is 24.4 Å². The van der Waals surface area contributed by atoms with Gasteiger partial charge in [-0.05, 0) is 65.2 Å². The number of methoxy groups -OCH3 is 2. The van der Waals surface area contributed by atoms with Crippen LogP contribution in [0.15, 0.2) is 45.8 Å². The Kier molecular flexibility index (Phi) is 5.61. The van der Waals surface area contributed by atoms with Crippen LogP contribution in [-0.4, -0.2) is 28.5 Å². The van der Waals surface area contributed by atoms with Crippen molar-refractivity contribution in [3.05, 3.63) is 40.9 Å². The van der Waals surface area contributed by atoms with E-state index in [4.69, 9.17) is 9.47 Å². The minimum absolute atomic E-state index is 0.0157. The number of sulfonamides is 1. The molecular formula is C18H19BrN2O5S. The van der Waals surface area contributed by atoms with E-state index >= 15 is 0 Å². The molecule has 2 N–H and O–H groups in total. The van der Waals surface area contributed by atoms with Gasteiger partial charge in [-0.1, -0.05) is 0 Å². The highest BCUT2D eigenvalue weighted by atomic mass is 79.9. The van der Waals surface area contributed by atoms with E-state index in [2.05, 4.69) is 26.0 Å². The number of hydrogen-bond acceptors (Lipinski definition) is 5. The lowest BCUT2D eigenvalue weighted by molar-refractivity contribution is -0.117. The zero-order chi connectivity index (χ0) is 19.6. The van der Waals surface area contributed by atoms with Gasteiger partial charge in [0.15, 0.2) is 0 Å². The normalized spacial score (nSPS) is 13.7. The average Bonchev–Trinajstić information content (AvgIpc) is 3.47. The first kappa shape index (κ1) is 19.5. The van der Waals surface area contributed by atoms with Gasteiger partial charge in [-0.15, -0.1) is 0 Å². The summed E-state index contributed by atoms with van der Waals surface area (Å²) in [6.45, 7) is 0. The van der Waals surface area contributed by atoms with Gasteiger partial charge in [-0.3, -0.25) is 9.52 Å². The summed E-state index contributed by atoms with van der Waals surface area (Å²) in [6.07, 6.45) is 1.72. The molecule has 1 aliphatic rings. The molecule has 1 aliphatic carbocycles. The molecule has 0 radical (unpaired) electrons. The van der Waals surface area contributed by atoms with Crippen molar-refractivity contribution >= 4 is 43.2 Å². The maximum atomic E-state index is 12.9. The van der Waals surface area contributed by atoms with Gasteiger partial charge in [0.2, 0.25) is 5.91 Å². The third kappa shape index (κ3) is 4.54. The number of carbonyl (C=O) groups is 1. The number of anilines is 2. The Morgan fingerprint density at radius 2 is 1.67 bits per heavy atom. The van der Waals surface area contributed by atoms with Gasteiger partial charge in [-0.2, -0.15) is 0 Å². The van der Waals surface area contributed by atoms with Crippen LogP contribution in [0.5, 0.6) is 11.5 Å². The van der Waals surface area contributed by atoms with Crippen LogP contribution in [0.25, 0.3) is 0 Å². The quantitative estimate of drug-likeness (QED) is 0.666. The lowest BCUT2D eigenvalue weighted by Crippen LogP contribution is -2.16. The van der Waals surface area contributed by atoms with Crippen LogP contribution < -0.4 is 19.5 Å². The largest absolute Gasteiger partial charge is 0.496 e. The Labute approximate surface area is 166 Å². The Hall–Kier alpha value is -2.26. The second-order valence-electron chi connectivity index (χ2n) is 6.08. The predicted molar refractivity (Wildman–Crippen MR) is 106 cm³/mol. The molecule has 144 valence electrons. The third-order valence-electron chi connectivity index (χ3n) is 4.07. The lowest BCUT2D eigenvalue weighted by atomic mass is 10.3. The number of halogens is 1. The minimum Gasteiger partial charge on any atom is -0.496 e. The van der Waals surface area contributed by atoms with Crippen molar-refractivity contribution in [2.45, 2.75) is 17.7 Å². The highest BCUT2D eigenvalue weighted by Crippen LogP contribution is 2.33. The summed E-state index contributed by atoms with van der Waals surface area (Å²) >= 11 is 3.33. The Balaban J connectivity index is 1.89. The van der Waals surface area contributed by atoms with Crippen molar-refractivity contribution < 1.29 is 22.7 Å². The highest BCUT2D eigenvalue weighted by Gasteiger charge is 2.30. The van der Waals surface area contributed by atoms with Crippen LogP contribution in [0.4, 0.5) is 11.4 Å². The molecule has 1 fully saturated rings. The topological polar surface area (TPSA) is 93.7 Å². The lowest BCUT2D eigenvalue weighted by Gasteiger charge is -2.14. The number of ether oxygens (including phenoxy) is 2. The van der Waals surface area contributed by atoms with Crippen LogP contribution in [-0.2, 0) is 14.8 Å². The van der Waals surface area contributed by atoms with Crippen molar-refractivity contribution in [3.8, 4) is 11.5 Å².